The van der Waals surface area contributed by atoms with Crippen LogP contribution in [-0.4, -0.2) is 60.7 Å². The third-order valence-corrected chi connectivity index (χ3v) is 12.6. The van der Waals surface area contributed by atoms with Crippen molar-refractivity contribution in [2.24, 2.45) is 18.4 Å². The number of carboxylic acid groups (broad SMARTS) is 1. The smallest absolute Gasteiger partial charge is 0.306 e. The minimum atomic E-state index is -3.52. The second-order valence-corrected chi connectivity index (χ2v) is 17.4. The van der Waals surface area contributed by atoms with Gasteiger partial charge in [-0.25, -0.2) is 22.5 Å². The van der Waals surface area contributed by atoms with Crippen LogP contribution >= 0.6 is 11.8 Å². The number of aryl methyl sites for hydroxylation is 2. The number of aromatic nitrogens is 6. The number of halogens is 1. The lowest BCUT2D eigenvalue weighted by molar-refractivity contribution is -0.141. The van der Waals surface area contributed by atoms with Crippen LogP contribution in [0.15, 0.2) is 64.6 Å². The number of H-pyrrole nitrogens is 1. The highest BCUT2D eigenvalue weighted by atomic mass is 32.2. The zero-order valence-corrected chi connectivity index (χ0v) is 30.0. The molecule has 4 aromatic heterocycles. The second kappa shape index (κ2) is 13.3. The Morgan fingerprint density at radius 1 is 1.14 bits per heavy atom. The van der Waals surface area contributed by atoms with Crippen molar-refractivity contribution in [3.05, 3.63) is 83.5 Å². The lowest BCUT2D eigenvalue weighted by atomic mass is 9.78. The first-order valence-corrected chi connectivity index (χ1v) is 19.0. The number of aromatic amines is 1. The highest BCUT2D eigenvalue weighted by Gasteiger charge is 2.37. The number of aliphatic carboxylic acids is 1. The van der Waals surface area contributed by atoms with Crippen molar-refractivity contribution in [3.8, 4) is 11.5 Å². The number of sulfone groups is 1. The Labute approximate surface area is 289 Å². The number of nitrogens with one attached hydrogen (secondary N) is 1. The van der Waals surface area contributed by atoms with Crippen LogP contribution in [0.5, 0.6) is 0 Å². The number of carbonyl (C=O) groups is 1. The largest absolute Gasteiger partial charge is 0.481 e. The van der Waals surface area contributed by atoms with Crippen LogP contribution in [0.2, 0.25) is 0 Å². The average Bonchev–Trinajstić information content (AvgIpc) is 3.66. The van der Waals surface area contributed by atoms with Crippen molar-refractivity contribution in [1.82, 2.24) is 29.7 Å². The number of rotatable bonds is 4. The summed E-state index contributed by atoms with van der Waals surface area (Å²) in [6, 6.07) is 12.6. The predicted octanol–water partition coefficient (Wildman–Crippen LogP) is 6.78. The van der Waals surface area contributed by atoms with E-state index in [9.17, 15) is 18.3 Å². The Kier molecular flexibility index (Phi) is 9.44. The summed E-state index contributed by atoms with van der Waals surface area (Å²) in [6.07, 6.45) is 5.70. The summed E-state index contributed by atoms with van der Waals surface area (Å²) in [5.41, 5.74) is 1.88. The number of benzene rings is 1. The van der Waals surface area contributed by atoms with E-state index in [-0.39, 0.29) is 24.3 Å². The summed E-state index contributed by atoms with van der Waals surface area (Å²) in [4.78, 5) is 30.3. The first-order chi connectivity index (χ1) is 23.1. The fourth-order valence-corrected chi connectivity index (χ4v) is 9.73. The van der Waals surface area contributed by atoms with E-state index >= 15 is 4.39 Å². The normalized spacial score (nSPS) is 20.2. The summed E-state index contributed by atoms with van der Waals surface area (Å²) in [5, 5.41) is 15.2. The molecular weight excluding hydrogens is 664 g/mol. The van der Waals surface area contributed by atoms with Crippen molar-refractivity contribution in [1.29, 1.82) is 0 Å². The molecule has 1 unspecified atom stereocenters. The highest BCUT2D eigenvalue weighted by molar-refractivity contribution is 7.99. The van der Waals surface area contributed by atoms with Crippen molar-refractivity contribution >= 4 is 38.5 Å². The van der Waals surface area contributed by atoms with Gasteiger partial charge in [0.05, 0.1) is 33.4 Å². The molecule has 49 heavy (non-hydrogen) atoms. The summed E-state index contributed by atoms with van der Waals surface area (Å²) in [5.74, 6) is -0.965. The third kappa shape index (κ3) is 7.42. The van der Waals surface area contributed by atoms with E-state index in [1.807, 2.05) is 51.1 Å². The van der Waals surface area contributed by atoms with Gasteiger partial charge in [0.25, 0.3) is 0 Å². The second-order valence-electron chi connectivity index (χ2n) is 14.1. The molecule has 0 fully saturated rings. The molecule has 258 valence electrons. The monoisotopic (exact) mass is 704 g/mol. The molecule has 0 saturated heterocycles. The zero-order chi connectivity index (χ0) is 35.1. The van der Waals surface area contributed by atoms with Gasteiger partial charge in [-0.15, -0.1) is 0 Å². The van der Waals surface area contributed by atoms with Crippen LogP contribution < -0.4 is 0 Å². The van der Waals surface area contributed by atoms with Crippen LogP contribution in [0.1, 0.15) is 69.7 Å². The molecule has 13 heteroatoms. The lowest BCUT2D eigenvalue weighted by Crippen LogP contribution is -2.30. The Hall–Kier alpha value is -4.10. The van der Waals surface area contributed by atoms with E-state index in [2.05, 4.69) is 9.97 Å². The van der Waals surface area contributed by atoms with Gasteiger partial charge in [-0.1, -0.05) is 45.0 Å². The number of hydrogen-bond donors (Lipinski definition) is 2. The van der Waals surface area contributed by atoms with Crippen molar-refractivity contribution < 1.29 is 22.7 Å². The Bertz CT molecular complexity index is 2140. The standard InChI is InChI=1S/C36H41FN6O4S2/c1-22(33(44)45)18-23-8-6-9-30(40-23)36(4)14-7-13-35(2,3)21-49(46,47)17-12-26-25-11-16-38-28(25)20-27(37)31(26)48-24-10-15-39-29(19-24)32-41-34(36)42-43(32)5/h6,8-11,15-16,19-20,22,38H,7,12-14,17-18,21H2,1-5H3,(H,44,45)/t22-,36?/m0/s1. The molecule has 5 aromatic rings. The van der Waals surface area contributed by atoms with Crippen LogP contribution in [-0.2, 0) is 39.9 Å². The highest BCUT2D eigenvalue weighted by Crippen LogP contribution is 2.40. The molecule has 2 atom stereocenters. The molecule has 4 bridgehead atoms. The zero-order valence-electron chi connectivity index (χ0n) is 28.3. The Morgan fingerprint density at radius 2 is 1.94 bits per heavy atom. The number of carboxylic acids is 1. The van der Waals surface area contributed by atoms with E-state index in [4.69, 9.17) is 15.1 Å². The molecule has 1 aliphatic rings. The molecule has 0 aliphatic carbocycles. The molecule has 1 aromatic carbocycles. The van der Waals surface area contributed by atoms with E-state index in [0.717, 1.165) is 10.3 Å². The molecule has 10 nitrogen and oxygen atoms in total. The van der Waals surface area contributed by atoms with Crippen LogP contribution in [0, 0.1) is 17.2 Å². The maximum absolute atomic E-state index is 15.8. The lowest BCUT2D eigenvalue weighted by Gasteiger charge is -2.30. The SMILES string of the molecule is C[C@@H](Cc1cccc(C2(C)CCCC(C)(C)CS(=O)(=O)CCc3c(c(F)cc4[nH]ccc34)Sc3ccnc(c3)-c3nc2nn3C)n1)C(=O)O. The first-order valence-electron chi connectivity index (χ1n) is 16.4. The first kappa shape index (κ1) is 34.8. The van der Waals surface area contributed by atoms with Gasteiger partial charge in [-0.3, -0.25) is 14.8 Å². The summed E-state index contributed by atoms with van der Waals surface area (Å²) in [7, 11) is -1.71. The molecule has 2 N–H and O–H groups in total. The number of fused-ring (bicyclic) bond motifs is 8. The van der Waals surface area contributed by atoms with Crippen LogP contribution in [0.4, 0.5) is 4.39 Å². The Balaban J connectivity index is 1.47. The van der Waals surface area contributed by atoms with Crippen LogP contribution in [0.25, 0.3) is 22.4 Å². The number of pyridine rings is 2. The minimum absolute atomic E-state index is 0.00863. The number of nitrogens with zero attached hydrogens (tertiary/aromatic N) is 5. The minimum Gasteiger partial charge on any atom is -0.481 e. The summed E-state index contributed by atoms with van der Waals surface area (Å²) < 4.78 is 44.7. The molecule has 0 amide bonds. The van der Waals surface area contributed by atoms with Gasteiger partial charge in [-0.2, -0.15) is 5.10 Å². The molecule has 6 rings (SSSR count). The Morgan fingerprint density at radius 3 is 2.71 bits per heavy atom. The van der Waals surface area contributed by atoms with Gasteiger partial charge >= 0.3 is 5.97 Å². The van der Waals surface area contributed by atoms with E-state index in [0.29, 0.717) is 64.0 Å². The summed E-state index contributed by atoms with van der Waals surface area (Å²) in [6.45, 7) is 7.62. The van der Waals surface area contributed by atoms with E-state index < -0.39 is 38.4 Å². The van der Waals surface area contributed by atoms with E-state index in [1.54, 1.807) is 37.1 Å². The fourth-order valence-electron chi connectivity index (χ4n) is 6.71. The van der Waals surface area contributed by atoms with E-state index in [1.165, 1.54) is 17.8 Å². The van der Waals surface area contributed by atoms with Gasteiger partial charge in [0.15, 0.2) is 21.5 Å². The number of hydrogen-bond acceptors (Lipinski definition) is 8. The van der Waals surface area contributed by atoms with Gasteiger partial charge in [0.2, 0.25) is 0 Å². The van der Waals surface area contributed by atoms with Crippen molar-refractivity contribution in [2.45, 2.75) is 75.0 Å². The molecule has 0 radical (unpaired) electrons. The maximum Gasteiger partial charge on any atom is 0.306 e. The molecular formula is C36H41FN6O4S2. The third-order valence-electron chi connectivity index (χ3n) is 9.42. The van der Waals surface area contributed by atoms with Gasteiger partial charge in [-0.05, 0) is 73.6 Å². The van der Waals surface area contributed by atoms with Gasteiger partial charge < -0.3 is 10.1 Å². The van der Waals surface area contributed by atoms with Crippen molar-refractivity contribution in [3.63, 3.8) is 0 Å². The molecule has 5 heterocycles. The average molecular weight is 705 g/mol. The summed E-state index contributed by atoms with van der Waals surface area (Å²) >= 11 is 1.24. The fraction of sp³-hybridized carbons (Fsp3) is 0.417. The van der Waals surface area contributed by atoms with Crippen LogP contribution in [0.3, 0.4) is 0 Å². The van der Waals surface area contributed by atoms with Crippen molar-refractivity contribution in [2.75, 3.05) is 11.5 Å². The quantitative estimate of drug-likeness (QED) is 0.207. The van der Waals surface area contributed by atoms with Gasteiger partial charge in [0, 0.05) is 47.4 Å². The molecule has 1 aliphatic heterocycles. The van der Waals surface area contributed by atoms with Gasteiger partial charge in [0.1, 0.15) is 11.5 Å². The topological polar surface area (TPSA) is 144 Å². The molecule has 0 spiro atoms. The maximum atomic E-state index is 15.8. The predicted molar refractivity (Wildman–Crippen MR) is 188 cm³/mol. The molecule has 0 saturated carbocycles.